The van der Waals surface area contributed by atoms with E-state index in [1.807, 2.05) is 12.2 Å². The van der Waals surface area contributed by atoms with Crippen molar-refractivity contribution in [1.29, 1.82) is 0 Å². The highest BCUT2D eigenvalue weighted by molar-refractivity contribution is 7.47. The highest BCUT2D eigenvalue weighted by Gasteiger charge is 2.25. The monoisotopic (exact) mass is 768 g/mol. The molecule has 0 amide bonds. The van der Waals surface area contributed by atoms with Crippen LogP contribution in [0.3, 0.4) is 0 Å². The van der Waals surface area contributed by atoms with E-state index in [0.717, 1.165) is 38.5 Å². The van der Waals surface area contributed by atoms with Crippen LogP contribution >= 0.6 is 7.82 Å². The zero-order valence-corrected chi connectivity index (χ0v) is 34.6. The Hall–Kier alpha value is -2.03. The predicted octanol–water partition coefficient (Wildman–Crippen LogP) is 11.9. The van der Waals surface area contributed by atoms with Crippen molar-refractivity contribution in [3.05, 3.63) is 48.6 Å². The number of rotatable bonds is 39. The first kappa shape index (κ1) is 51.0. The number of ether oxygens (including phenoxy) is 2. The molecule has 0 heterocycles. The van der Waals surface area contributed by atoms with Crippen molar-refractivity contribution in [2.45, 2.75) is 187 Å². The Kier molecular flexibility index (Phi) is 38.1. The van der Waals surface area contributed by atoms with Crippen LogP contribution in [-0.2, 0) is 32.7 Å². The summed E-state index contributed by atoms with van der Waals surface area (Å²) in [5.41, 5.74) is 5.33. The molecule has 0 aromatic rings. The molecule has 2 unspecified atom stereocenters. The molecule has 53 heavy (non-hydrogen) atoms. The summed E-state index contributed by atoms with van der Waals surface area (Å²) < 4.78 is 32.6. The number of carbonyl (C=O) groups excluding carboxylic acids is 2. The topological polar surface area (TPSA) is 134 Å². The van der Waals surface area contributed by atoms with Gasteiger partial charge >= 0.3 is 19.8 Å². The average Bonchev–Trinajstić information content (AvgIpc) is 3.14. The van der Waals surface area contributed by atoms with E-state index < -0.39 is 32.5 Å². The van der Waals surface area contributed by atoms with Gasteiger partial charge in [-0.05, 0) is 44.9 Å². The first-order chi connectivity index (χ1) is 25.8. The highest BCUT2D eigenvalue weighted by Crippen LogP contribution is 2.43. The second-order valence-electron chi connectivity index (χ2n) is 13.9. The van der Waals surface area contributed by atoms with Gasteiger partial charge in [0.2, 0.25) is 0 Å². The van der Waals surface area contributed by atoms with Crippen molar-refractivity contribution >= 4 is 19.8 Å². The standard InChI is InChI=1S/C43H78NO8P/c1-3-5-7-9-11-13-15-17-18-19-20-21-22-24-26-28-30-32-34-36-43(46)52-41(40-51-53(47,48)50-38-37-44)39-49-42(45)35-33-31-29-27-25-23-16-14-12-10-8-6-4-2/h17-18,20-21,24,26,30,32,41H,3-16,19,22-23,25,27-29,31,33-40,44H2,1-2H3,(H,47,48)/b18-17-,21-20-,26-24-,32-30-. The Balaban J connectivity index is 4.29. The summed E-state index contributed by atoms with van der Waals surface area (Å²) in [5.74, 6) is -0.920. The van der Waals surface area contributed by atoms with Gasteiger partial charge in [-0.15, -0.1) is 0 Å². The second-order valence-corrected chi connectivity index (χ2v) is 15.3. The fourth-order valence-corrected chi connectivity index (χ4v) is 6.35. The molecule has 0 bridgehead atoms. The number of hydrogen-bond acceptors (Lipinski definition) is 8. The molecule has 0 aliphatic carbocycles. The van der Waals surface area contributed by atoms with Crippen LogP contribution in [0.5, 0.6) is 0 Å². The molecular weight excluding hydrogens is 689 g/mol. The first-order valence-corrected chi connectivity index (χ1v) is 22.6. The van der Waals surface area contributed by atoms with Crippen molar-refractivity contribution in [2.75, 3.05) is 26.4 Å². The number of allylic oxidation sites excluding steroid dienone is 8. The fraction of sp³-hybridized carbons (Fsp3) is 0.767. The number of esters is 2. The smallest absolute Gasteiger partial charge is 0.462 e. The quantitative estimate of drug-likeness (QED) is 0.0271. The van der Waals surface area contributed by atoms with Gasteiger partial charge in [-0.2, -0.15) is 0 Å². The Labute approximate surface area is 324 Å². The molecule has 0 aliphatic heterocycles. The molecular formula is C43H78NO8P. The number of hydrogen-bond donors (Lipinski definition) is 2. The van der Waals surface area contributed by atoms with Gasteiger partial charge in [-0.25, -0.2) is 4.57 Å². The molecule has 0 aromatic carbocycles. The molecule has 0 radical (unpaired) electrons. The van der Waals surface area contributed by atoms with E-state index in [-0.39, 0.29) is 32.6 Å². The van der Waals surface area contributed by atoms with Crippen LogP contribution in [0.25, 0.3) is 0 Å². The molecule has 2 atom stereocenters. The number of unbranched alkanes of at least 4 members (excludes halogenated alkanes) is 18. The third-order valence-electron chi connectivity index (χ3n) is 8.73. The van der Waals surface area contributed by atoms with Gasteiger partial charge in [0.25, 0.3) is 0 Å². The van der Waals surface area contributed by atoms with E-state index in [1.54, 1.807) is 0 Å². The van der Waals surface area contributed by atoms with E-state index in [2.05, 4.69) is 50.3 Å². The lowest BCUT2D eigenvalue weighted by Crippen LogP contribution is -2.29. The van der Waals surface area contributed by atoms with Crippen LogP contribution in [0.2, 0.25) is 0 Å². The van der Waals surface area contributed by atoms with Gasteiger partial charge < -0.3 is 20.1 Å². The van der Waals surface area contributed by atoms with Gasteiger partial charge in [0, 0.05) is 19.4 Å². The van der Waals surface area contributed by atoms with Crippen LogP contribution in [0, 0.1) is 0 Å². The molecule has 0 saturated carbocycles. The number of carbonyl (C=O) groups is 2. The third-order valence-corrected chi connectivity index (χ3v) is 9.72. The summed E-state index contributed by atoms with van der Waals surface area (Å²) in [6, 6.07) is 0. The minimum absolute atomic E-state index is 0.0424. The number of phosphoric ester groups is 1. The third kappa shape index (κ3) is 39.5. The minimum Gasteiger partial charge on any atom is -0.462 e. The van der Waals surface area contributed by atoms with E-state index in [0.29, 0.717) is 6.42 Å². The molecule has 3 N–H and O–H groups in total. The molecule has 0 aliphatic rings. The van der Waals surface area contributed by atoms with Crippen LogP contribution in [0.1, 0.15) is 181 Å². The highest BCUT2D eigenvalue weighted by atomic mass is 31.2. The largest absolute Gasteiger partial charge is 0.472 e. The summed E-state index contributed by atoms with van der Waals surface area (Å²) in [7, 11) is -4.39. The van der Waals surface area contributed by atoms with E-state index >= 15 is 0 Å². The SMILES string of the molecule is CCCCCCCC/C=C\C/C=C\C/C=C\C/C=C\CCC(=O)OC(COC(=O)CCCCCCCCCCCCCCC)COP(=O)(O)OCCN. The molecule has 0 spiro atoms. The predicted molar refractivity (Wildman–Crippen MR) is 220 cm³/mol. The van der Waals surface area contributed by atoms with Crippen molar-refractivity contribution < 1.29 is 37.6 Å². The lowest BCUT2D eigenvalue weighted by atomic mass is 10.0. The Morgan fingerprint density at radius 3 is 1.53 bits per heavy atom. The van der Waals surface area contributed by atoms with Gasteiger partial charge in [0.1, 0.15) is 6.61 Å². The van der Waals surface area contributed by atoms with Crippen molar-refractivity contribution in [2.24, 2.45) is 5.73 Å². The minimum atomic E-state index is -4.39. The van der Waals surface area contributed by atoms with Crippen molar-refractivity contribution in [3.63, 3.8) is 0 Å². The summed E-state index contributed by atoms with van der Waals surface area (Å²) in [5, 5.41) is 0. The van der Waals surface area contributed by atoms with Gasteiger partial charge in [0.05, 0.1) is 13.2 Å². The van der Waals surface area contributed by atoms with E-state index in [9.17, 15) is 19.0 Å². The normalized spacial score (nSPS) is 13.8. The molecule has 9 nitrogen and oxygen atoms in total. The molecule has 0 rings (SSSR count). The van der Waals surface area contributed by atoms with Crippen LogP contribution in [0.15, 0.2) is 48.6 Å². The molecule has 0 aromatic heterocycles. The van der Waals surface area contributed by atoms with Crippen LogP contribution < -0.4 is 5.73 Å². The second kappa shape index (κ2) is 39.7. The van der Waals surface area contributed by atoms with Crippen molar-refractivity contribution in [3.8, 4) is 0 Å². The molecule has 0 saturated heterocycles. The zero-order valence-electron chi connectivity index (χ0n) is 33.7. The Bertz CT molecular complexity index is 1010. The lowest BCUT2D eigenvalue weighted by molar-refractivity contribution is -0.161. The van der Waals surface area contributed by atoms with Gasteiger partial charge in [-0.3, -0.25) is 18.6 Å². The summed E-state index contributed by atoms with van der Waals surface area (Å²) in [4.78, 5) is 34.8. The first-order valence-electron chi connectivity index (χ1n) is 21.1. The number of nitrogens with two attached hydrogens (primary N) is 1. The molecule has 308 valence electrons. The maximum atomic E-state index is 12.5. The van der Waals surface area contributed by atoms with E-state index in [1.165, 1.54) is 109 Å². The van der Waals surface area contributed by atoms with Gasteiger partial charge in [-0.1, -0.05) is 172 Å². The lowest BCUT2D eigenvalue weighted by Gasteiger charge is -2.19. The van der Waals surface area contributed by atoms with Crippen molar-refractivity contribution in [1.82, 2.24) is 0 Å². The summed E-state index contributed by atoms with van der Waals surface area (Å²) in [6.45, 7) is 3.64. The Morgan fingerprint density at radius 2 is 1.02 bits per heavy atom. The van der Waals surface area contributed by atoms with Gasteiger partial charge in [0.15, 0.2) is 6.10 Å². The maximum absolute atomic E-state index is 12.5. The molecule has 0 fully saturated rings. The average molecular weight is 768 g/mol. The van der Waals surface area contributed by atoms with Crippen LogP contribution in [0.4, 0.5) is 0 Å². The van der Waals surface area contributed by atoms with E-state index in [4.69, 9.17) is 24.3 Å². The Morgan fingerprint density at radius 1 is 0.566 bits per heavy atom. The number of phosphoric acid groups is 1. The van der Waals surface area contributed by atoms with Crippen LogP contribution in [-0.4, -0.2) is 49.3 Å². The fourth-order valence-electron chi connectivity index (χ4n) is 5.58. The maximum Gasteiger partial charge on any atom is 0.472 e. The summed E-state index contributed by atoms with van der Waals surface area (Å²) in [6.07, 6.45) is 44.4. The molecule has 10 heteroatoms. The zero-order chi connectivity index (χ0) is 38.9. The summed E-state index contributed by atoms with van der Waals surface area (Å²) >= 11 is 0.